The lowest BCUT2D eigenvalue weighted by atomic mass is 10.1. The second kappa shape index (κ2) is 7.68. The first-order chi connectivity index (χ1) is 12.1. The lowest BCUT2D eigenvalue weighted by Crippen LogP contribution is -2.31. The Morgan fingerprint density at radius 3 is 2.92 bits per heavy atom. The van der Waals surface area contributed by atoms with Gasteiger partial charge in [-0.2, -0.15) is 0 Å². The van der Waals surface area contributed by atoms with E-state index < -0.39 is 0 Å². The maximum atomic E-state index is 12.8. The highest BCUT2D eigenvalue weighted by atomic mass is 16.2. The van der Waals surface area contributed by atoms with E-state index in [9.17, 15) is 4.79 Å². The molecule has 3 rings (SSSR count). The van der Waals surface area contributed by atoms with Crippen molar-refractivity contribution in [1.29, 1.82) is 0 Å². The molecular weight excluding hydrogens is 314 g/mol. The van der Waals surface area contributed by atoms with Gasteiger partial charge in [0.25, 0.3) is 0 Å². The van der Waals surface area contributed by atoms with Crippen molar-refractivity contribution >= 4 is 11.7 Å². The smallest absolute Gasteiger partial charge is 0.224 e. The van der Waals surface area contributed by atoms with Crippen molar-refractivity contribution in [2.45, 2.75) is 45.2 Å². The average Bonchev–Trinajstić information content (AvgIpc) is 3.28. The monoisotopic (exact) mass is 341 g/mol. The topological polar surface area (TPSA) is 54.3 Å². The van der Waals surface area contributed by atoms with Crippen LogP contribution >= 0.6 is 0 Å². The number of aryl methyl sites for hydroxylation is 2. The molecule has 0 aromatic carbocycles. The van der Waals surface area contributed by atoms with Crippen molar-refractivity contribution in [2.75, 3.05) is 25.5 Å². The van der Waals surface area contributed by atoms with Gasteiger partial charge in [0, 0.05) is 58.6 Å². The van der Waals surface area contributed by atoms with Crippen LogP contribution in [-0.4, -0.2) is 46.0 Å². The SMILES string of the molecule is CCc1nccn1CCC(=O)N1CCC[C@H]1c1ccnc(N(C)C)c1. The minimum Gasteiger partial charge on any atom is -0.363 e. The van der Waals surface area contributed by atoms with Gasteiger partial charge in [0.15, 0.2) is 0 Å². The average molecular weight is 341 g/mol. The first kappa shape index (κ1) is 17.5. The van der Waals surface area contributed by atoms with E-state index in [1.807, 2.05) is 48.6 Å². The van der Waals surface area contributed by atoms with Gasteiger partial charge in [-0.05, 0) is 30.5 Å². The fourth-order valence-corrected chi connectivity index (χ4v) is 3.52. The fraction of sp³-hybridized carbons (Fsp3) is 0.526. The summed E-state index contributed by atoms with van der Waals surface area (Å²) >= 11 is 0. The Hall–Kier alpha value is -2.37. The first-order valence-corrected chi connectivity index (χ1v) is 9.03. The maximum absolute atomic E-state index is 12.8. The molecule has 2 aromatic rings. The number of hydrogen-bond acceptors (Lipinski definition) is 4. The van der Waals surface area contributed by atoms with E-state index in [0.717, 1.165) is 37.4 Å². The molecule has 3 heterocycles. The van der Waals surface area contributed by atoms with Crippen LogP contribution in [0.25, 0.3) is 0 Å². The zero-order chi connectivity index (χ0) is 17.8. The lowest BCUT2D eigenvalue weighted by molar-refractivity contribution is -0.132. The number of carbonyl (C=O) groups is 1. The molecule has 1 aliphatic rings. The van der Waals surface area contributed by atoms with Gasteiger partial charge in [-0.3, -0.25) is 4.79 Å². The summed E-state index contributed by atoms with van der Waals surface area (Å²) in [5.74, 6) is 2.19. The molecule has 1 fully saturated rings. The molecule has 1 amide bonds. The number of hydrogen-bond donors (Lipinski definition) is 0. The molecule has 0 spiro atoms. The molecule has 0 unspecified atom stereocenters. The largest absolute Gasteiger partial charge is 0.363 e. The van der Waals surface area contributed by atoms with Crippen LogP contribution in [0.3, 0.4) is 0 Å². The van der Waals surface area contributed by atoms with Gasteiger partial charge < -0.3 is 14.4 Å². The highest BCUT2D eigenvalue weighted by Gasteiger charge is 2.30. The number of amides is 1. The van der Waals surface area contributed by atoms with Crippen LogP contribution in [0, 0.1) is 0 Å². The van der Waals surface area contributed by atoms with Crippen molar-refractivity contribution in [2.24, 2.45) is 0 Å². The van der Waals surface area contributed by atoms with Gasteiger partial charge in [0.05, 0.1) is 6.04 Å². The van der Waals surface area contributed by atoms with Crippen LogP contribution in [0.15, 0.2) is 30.7 Å². The van der Waals surface area contributed by atoms with Crippen LogP contribution in [0.5, 0.6) is 0 Å². The number of imidazole rings is 1. The minimum atomic E-state index is 0.169. The number of rotatable bonds is 6. The second-order valence-electron chi connectivity index (χ2n) is 6.73. The summed E-state index contributed by atoms with van der Waals surface area (Å²) < 4.78 is 2.08. The number of anilines is 1. The van der Waals surface area contributed by atoms with Gasteiger partial charge in [-0.1, -0.05) is 6.92 Å². The molecule has 1 atom stereocenters. The summed E-state index contributed by atoms with van der Waals surface area (Å²) in [5, 5.41) is 0. The van der Waals surface area contributed by atoms with Gasteiger partial charge in [0.1, 0.15) is 11.6 Å². The molecule has 0 aliphatic carbocycles. The molecule has 6 heteroatoms. The molecule has 1 aliphatic heterocycles. The Labute approximate surface area is 149 Å². The molecule has 6 nitrogen and oxygen atoms in total. The molecule has 1 saturated heterocycles. The number of likely N-dealkylation sites (tertiary alicyclic amines) is 1. The minimum absolute atomic E-state index is 0.169. The normalized spacial score (nSPS) is 17.1. The van der Waals surface area contributed by atoms with E-state index in [2.05, 4.69) is 27.5 Å². The summed E-state index contributed by atoms with van der Waals surface area (Å²) in [4.78, 5) is 25.6. The van der Waals surface area contributed by atoms with Gasteiger partial charge >= 0.3 is 0 Å². The predicted molar refractivity (Wildman–Crippen MR) is 98.5 cm³/mol. The predicted octanol–water partition coefficient (Wildman–Crippen LogP) is 2.66. The Morgan fingerprint density at radius 1 is 1.32 bits per heavy atom. The second-order valence-corrected chi connectivity index (χ2v) is 6.73. The van der Waals surface area contributed by atoms with E-state index >= 15 is 0 Å². The molecule has 0 N–H and O–H groups in total. The molecule has 0 saturated carbocycles. The van der Waals surface area contributed by atoms with E-state index in [1.165, 1.54) is 5.56 Å². The number of pyridine rings is 1. The highest BCUT2D eigenvalue weighted by Crippen LogP contribution is 2.33. The van der Waals surface area contributed by atoms with Crippen molar-refractivity contribution in [3.63, 3.8) is 0 Å². The quantitative estimate of drug-likeness (QED) is 0.810. The molecular formula is C19H27N5O. The zero-order valence-electron chi connectivity index (χ0n) is 15.4. The molecule has 134 valence electrons. The summed E-state index contributed by atoms with van der Waals surface area (Å²) in [7, 11) is 3.97. The maximum Gasteiger partial charge on any atom is 0.224 e. The van der Waals surface area contributed by atoms with Crippen molar-refractivity contribution in [3.8, 4) is 0 Å². The number of aromatic nitrogens is 3. The third-order valence-electron chi connectivity index (χ3n) is 4.87. The van der Waals surface area contributed by atoms with E-state index in [1.54, 1.807) is 0 Å². The van der Waals surface area contributed by atoms with Crippen LogP contribution in [0.4, 0.5) is 5.82 Å². The van der Waals surface area contributed by atoms with E-state index in [0.29, 0.717) is 13.0 Å². The van der Waals surface area contributed by atoms with Crippen LogP contribution in [0.2, 0.25) is 0 Å². The molecule has 0 radical (unpaired) electrons. The highest BCUT2D eigenvalue weighted by molar-refractivity contribution is 5.77. The van der Waals surface area contributed by atoms with Crippen LogP contribution < -0.4 is 4.90 Å². The third kappa shape index (κ3) is 3.83. The Balaban J connectivity index is 1.68. The summed E-state index contributed by atoms with van der Waals surface area (Å²) in [5.41, 5.74) is 1.18. The number of carbonyl (C=O) groups excluding carboxylic acids is 1. The molecule has 2 aromatic heterocycles. The fourth-order valence-electron chi connectivity index (χ4n) is 3.52. The van der Waals surface area contributed by atoms with Gasteiger partial charge in [-0.15, -0.1) is 0 Å². The Morgan fingerprint density at radius 2 is 2.16 bits per heavy atom. The molecule has 25 heavy (non-hydrogen) atoms. The van der Waals surface area contributed by atoms with Crippen molar-refractivity contribution in [3.05, 3.63) is 42.1 Å². The summed E-state index contributed by atoms with van der Waals surface area (Å²) in [6.07, 6.45) is 9.09. The zero-order valence-corrected chi connectivity index (χ0v) is 15.4. The summed E-state index contributed by atoms with van der Waals surface area (Å²) in [6.45, 7) is 3.63. The Kier molecular flexibility index (Phi) is 5.36. The molecule has 0 bridgehead atoms. The number of nitrogens with zero attached hydrogens (tertiary/aromatic N) is 5. The van der Waals surface area contributed by atoms with Gasteiger partial charge in [-0.25, -0.2) is 9.97 Å². The Bertz CT molecular complexity index is 724. The van der Waals surface area contributed by atoms with Crippen LogP contribution in [0.1, 0.15) is 43.6 Å². The third-order valence-corrected chi connectivity index (χ3v) is 4.87. The standard InChI is InChI=1S/C19H27N5O/c1-4-17-21-10-13-23(17)12-8-19(25)24-11-5-6-16(24)15-7-9-20-18(14-15)22(2)3/h7,9-10,13-14,16H,4-6,8,11-12H2,1-3H3/t16-/m0/s1. The summed E-state index contributed by atoms with van der Waals surface area (Å²) in [6, 6.07) is 4.30. The van der Waals surface area contributed by atoms with Crippen LogP contribution in [-0.2, 0) is 17.8 Å². The lowest BCUT2D eigenvalue weighted by Gasteiger charge is -2.26. The van der Waals surface area contributed by atoms with Gasteiger partial charge in [0.2, 0.25) is 5.91 Å². The van der Waals surface area contributed by atoms with Crippen molar-refractivity contribution < 1.29 is 4.79 Å². The first-order valence-electron chi connectivity index (χ1n) is 9.03. The van der Waals surface area contributed by atoms with E-state index in [4.69, 9.17) is 0 Å². The van der Waals surface area contributed by atoms with E-state index in [-0.39, 0.29) is 11.9 Å². The van der Waals surface area contributed by atoms with Crippen molar-refractivity contribution in [1.82, 2.24) is 19.4 Å².